The molecule has 4 rings (SSSR count). The molecule has 1 aliphatic carbocycles. The van der Waals surface area contributed by atoms with Crippen molar-refractivity contribution in [3.8, 4) is 17.1 Å². The molecule has 0 spiro atoms. The summed E-state index contributed by atoms with van der Waals surface area (Å²) in [7, 11) is 0. The molecule has 0 radical (unpaired) electrons. The van der Waals surface area contributed by atoms with Gasteiger partial charge in [0.25, 0.3) is 11.8 Å². The summed E-state index contributed by atoms with van der Waals surface area (Å²) in [6.07, 6.45) is 1.33. The topological polar surface area (TPSA) is 115 Å². The van der Waals surface area contributed by atoms with Crippen LogP contribution in [0.15, 0.2) is 47.0 Å². The molecule has 1 saturated carbocycles. The number of aliphatic hydroxyl groups excluding tert-OH is 1. The van der Waals surface area contributed by atoms with Gasteiger partial charge in [0.1, 0.15) is 11.6 Å². The van der Waals surface area contributed by atoms with E-state index < -0.39 is 23.9 Å². The number of carbonyl (C=O) groups is 2. The number of hydrogen-bond donors (Lipinski definition) is 2. The van der Waals surface area contributed by atoms with Crippen LogP contribution < -0.4 is 10.1 Å². The highest BCUT2D eigenvalue weighted by Gasteiger charge is 2.30. The molecule has 33 heavy (non-hydrogen) atoms. The van der Waals surface area contributed by atoms with Crippen molar-refractivity contribution in [3.05, 3.63) is 65.3 Å². The molecule has 0 bridgehead atoms. The second-order valence-electron chi connectivity index (χ2n) is 8.13. The molecule has 1 amide bonds. The maximum Gasteiger partial charge on any atom is 0.267 e. The van der Waals surface area contributed by atoms with E-state index in [-0.39, 0.29) is 35.6 Å². The van der Waals surface area contributed by atoms with Gasteiger partial charge in [0.05, 0.1) is 12.2 Å². The van der Waals surface area contributed by atoms with Crippen molar-refractivity contribution < 1.29 is 28.3 Å². The van der Waals surface area contributed by atoms with Crippen LogP contribution in [0, 0.1) is 11.7 Å². The Hall–Kier alpha value is -3.59. The number of benzene rings is 2. The average Bonchev–Trinajstić information content (AvgIpc) is 3.54. The Balaban J connectivity index is 1.42. The summed E-state index contributed by atoms with van der Waals surface area (Å²) in [5.41, 5.74) is 0.857. The third-order valence-electron chi connectivity index (χ3n) is 5.31. The van der Waals surface area contributed by atoms with Crippen LogP contribution in [0.2, 0.25) is 0 Å². The first-order valence-electron chi connectivity index (χ1n) is 10.7. The quantitative estimate of drug-likeness (QED) is 0.475. The molecule has 1 aromatic heterocycles. The maximum atomic E-state index is 14.5. The first kappa shape index (κ1) is 22.6. The predicted octanol–water partition coefficient (Wildman–Crippen LogP) is 3.72. The minimum atomic E-state index is -0.744. The van der Waals surface area contributed by atoms with E-state index in [0.717, 1.165) is 18.9 Å². The van der Waals surface area contributed by atoms with Crippen LogP contribution in [0.4, 0.5) is 4.39 Å². The second-order valence-corrected chi connectivity index (χ2v) is 8.13. The van der Waals surface area contributed by atoms with E-state index in [1.807, 2.05) is 0 Å². The molecule has 9 heteroatoms. The first-order valence-corrected chi connectivity index (χ1v) is 10.7. The molecule has 172 valence electrons. The Morgan fingerprint density at radius 1 is 1.21 bits per heavy atom. The smallest absolute Gasteiger partial charge is 0.267 e. The number of nitrogens with one attached hydrogen (secondary N) is 1. The van der Waals surface area contributed by atoms with Crippen molar-refractivity contribution in [2.24, 2.45) is 5.92 Å². The van der Waals surface area contributed by atoms with Gasteiger partial charge in [-0.3, -0.25) is 9.59 Å². The van der Waals surface area contributed by atoms with Crippen molar-refractivity contribution in [3.63, 3.8) is 0 Å². The summed E-state index contributed by atoms with van der Waals surface area (Å²) in [5, 5.41) is 15.4. The van der Waals surface area contributed by atoms with Gasteiger partial charge in [0.15, 0.2) is 11.9 Å². The highest BCUT2D eigenvalue weighted by atomic mass is 19.1. The number of aliphatic hydroxyl groups is 1. The fraction of sp³-hybridized carbons (Fsp3) is 0.333. The summed E-state index contributed by atoms with van der Waals surface area (Å²) in [4.78, 5) is 28.5. The van der Waals surface area contributed by atoms with Crippen LogP contribution in [0.5, 0.6) is 5.75 Å². The van der Waals surface area contributed by atoms with Gasteiger partial charge in [-0.05, 0) is 63.1 Å². The van der Waals surface area contributed by atoms with Gasteiger partial charge in [0, 0.05) is 23.1 Å². The molecular weight excluding hydrogens is 429 g/mol. The summed E-state index contributed by atoms with van der Waals surface area (Å²) in [5.74, 6) is -0.150. The Morgan fingerprint density at radius 3 is 2.58 bits per heavy atom. The van der Waals surface area contributed by atoms with Crippen molar-refractivity contribution in [1.29, 1.82) is 0 Å². The Kier molecular flexibility index (Phi) is 6.50. The molecule has 2 N–H and O–H groups in total. The monoisotopic (exact) mass is 453 g/mol. The van der Waals surface area contributed by atoms with Gasteiger partial charge in [-0.2, -0.15) is 4.98 Å². The minimum Gasteiger partial charge on any atom is -0.481 e. The van der Waals surface area contributed by atoms with Crippen molar-refractivity contribution in [1.82, 2.24) is 15.5 Å². The molecule has 2 atom stereocenters. The molecule has 1 heterocycles. The van der Waals surface area contributed by atoms with Crippen molar-refractivity contribution in [2.75, 3.05) is 6.61 Å². The number of aromatic nitrogens is 2. The van der Waals surface area contributed by atoms with Crippen LogP contribution in [0.25, 0.3) is 11.4 Å². The zero-order valence-electron chi connectivity index (χ0n) is 18.2. The largest absolute Gasteiger partial charge is 0.481 e. The van der Waals surface area contributed by atoms with Crippen molar-refractivity contribution in [2.45, 2.75) is 38.8 Å². The van der Waals surface area contributed by atoms with Gasteiger partial charge in [-0.15, -0.1) is 0 Å². The number of rotatable bonds is 9. The van der Waals surface area contributed by atoms with E-state index in [1.54, 1.807) is 38.1 Å². The predicted molar refractivity (Wildman–Crippen MR) is 116 cm³/mol. The Morgan fingerprint density at radius 2 is 1.94 bits per heavy atom. The lowest BCUT2D eigenvalue weighted by molar-refractivity contribution is 0.0917. The number of ketones is 1. The van der Waals surface area contributed by atoms with Gasteiger partial charge < -0.3 is 19.7 Å². The third kappa shape index (κ3) is 5.25. The van der Waals surface area contributed by atoms with Crippen LogP contribution >= 0.6 is 0 Å². The SMILES string of the molecule is C[C@@H](CO)NC(=O)c1ccc(-c2noc([C@@H](C)Oc3ccc(C(=O)C4CC4)cc3)n2)cc1F. The number of nitrogens with zero attached hydrogens (tertiary/aromatic N) is 2. The van der Waals surface area contributed by atoms with Crippen LogP contribution in [0.3, 0.4) is 0 Å². The van der Waals surface area contributed by atoms with Crippen LogP contribution in [0.1, 0.15) is 59.4 Å². The zero-order valence-corrected chi connectivity index (χ0v) is 18.2. The molecule has 0 aliphatic heterocycles. The summed E-state index contributed by atoms with van der Waals surface area (Å²) in [6.45, 7) is 3.09. The van der Waals surface area contributed by atoms with Crippen LogP contribution in [-0.2, 0) is 0 Å². The number of hydrogen-bond acceptors (Lipinski definition) is 7. The highest BCUT2D eigenvalue weighted by Crippen LogP contribution is 2.33. The summed E-state index contributed by atoms with van der Waals surface area (Å²) < 4.78 is 25.6. The van der Waals surface area contributed by atoms with Gasteiger partial charge in [-0.1, -0.05) is 11.2 Å². The third-order valence-corrected chi connectivity index (χ3v) is 5.31. The maximum absolute atomic E-state index is 14.5. The normalized spacial score (nSPS) is 15.0. The fourth-order valence-electron chi connectivity index (χ4n) is 3.24. The molecule has 0 saturated heterocycles. The van der Waals surface area contributed by atoms with E-state index in [9.17, 15) is 14.0 Å². The van der Waals surface area contributed by atoms with E-state index in [4.69, 9.17) is 14.4 Å². The fourth-order valence-corrected chi connectivity index (χ4v) is 3.24. The number of amides is 1. The lowest BCUT2D eigenvalue weighted by atomic mass is 10.1. The molecule has 8 nitrogen and oxygen atoms in total. The number of ether oxygens (including phenoxy) is 1. The van der Waals surface area contributed by atoms with E-state index in [1.165, 1.54) is 12.1 Å². The lowest BCUT2D eigenvalue weighted by Gasteiger charge is -2.11. The van der Waals surface area contributed by atoms with Gasteiger partial charge in [0.2, 0.25) is 5.82 Å². The summed E-state index contributed by atoms with van der Waals surface area (Å²) in [6, 6.07) is 10.4. The minimum absolute atomic E-state index is 0.150. The molecule has 1 fully saturated rings. The van der Waals surface area contributed by atoms with Gasteiger partial charge >= 0.3 is 0 Å². The molecule has 1 aliphatic rings. The van der Waals surface area contributed by atoms with Gasteiger partial charge in [-0.25, -0.2) is 4.39 Å². The lowest BCUT2D eigenvalue weighted by Crippen LogP contribution is -2.35. The Labute approximate surface area is 189 Å². The van der Waals surface area contributed by atoms with E-state index >= 15 is 0 Å². The molecule has 2 aromatic carbocycles. The van der Waals surface area contributed by atoms with Crippen LogP contribution in [-0.4, -0.2) is 39.6 Å². The standard InChI is InChI=1S/C24H24FN3O5/c1-13(12-29)26-23(31)19-10-7-17(11-20(19)25)22-27-24(33-28-22)14(2)32-18-8-5-16(6-9-18)21(30)15-3-4-15/h5-11,13-15,29H,3-4,12H2,1-2H3,(H,26,31)/t13-,14+/m0/s1. The highest BCUT2D eigenvalue weighted by molar-refractivity contribution is 5.99. The average molecular weight is 453 g/mol. The molecule has 3 aromatic rings. The van der Waals surface area contributed by atoms with Crippen molar-refractivity contribution >= 4 is 11.7 Å². The second kappa shape index (κ2) is 9.50. The summed E-state index contributed by atoms with van der Waals surface area (Å²) >= 11 is 0. The number of Topliss-reactive ketones (excluding diaryl/α,β-unsaturated/α-hetero) is 1. The number of carbonyl (C=O) groups excluding carboxylic acids is 2. The van der Waals surface area contributed by atoms with E-state index in [2.05, 4.69) is 15.5 Å². The van der Waals surface area contributed by atoms with E-state index in [0.29, 0.717) is 16.9 Å². The number of halogens is 1. The first-order chi connectivity index (χ1) is 15.9. The molecule has 0 unspecified atom stereocenters. The molecular formula is C24H24FN3O5. The zero-order chi connectivity index (χ0) is 23.5. The Bertz CT molecular complexity index is 1160.